The second-order valence-electron chi connectivity index (χ2n) is 11.5. The van der Waals surface area contributed by atoms with Crippen LogP contribution in [0.2, 0.25) is 0 Å². The molecule has 0 spiro atoms. The minimum absolute atomic E-state index is 0.0995. The van der Waals surface area contributed by atoms with Crippen molar-refractivity contribution in [2.45, 2.75) is 65.0 Å². The molecule has 1 aliphatic heterocycles. The largest absolute Gasteiger partial charge is 0.344 e. The van der Waals surface area contributed by atoms with E-state index in [1.54, 1.807) is 0 Å². The van der Waals surface area contributed by atoms with Crippen LogP contribution in [0.15, 0.2) is 30.3 Å². The van der Waals surface area contributed by atoms with Gasteiger partial charge in [-0.2, -0.15) is 0 Å². The fourth-order valence-electron chi connectivity index (χ4n) is 7.48. The average Bonchev–Trinajstić information content (AvgIpc) is 3.15. The predicted octanol–water partition coefficient (Wildman–Crippen LogP) is 3.69. The molecule has 0 radical (unpaired) electrons. The van der Waals surface area contributed by atoms with Crippen LogP contribution in [-0.2, 0) is 16.1 Å². The highest BCUT2D eigenvalue weighted by Crippen LogP contribution is 2.66. The summed E-state index contributed by atoms with van der Waals surface area (Å²) >= 11 is 0. The van der Waals surface area contributed by atoms with Crippen LogP contribution in [0.4, 0.5) is 0 Å². The first-order valence-corrected chi connectivity index (χ1v) is 12.8. The summed E-state index contributed by atoms with van der Waals surface area (Å²) in [5, 5.41) is 3.18. The molecule has 32 heavy (non-hydrogen) atoms. The highest BCUT2D eigenvalue weighted by Gasteiger charge is 2.58. The number of amides is 2. The molecule has 5 fully saturated rings. The molecule has 1 heterocycles. The maximum Gasteiger partial charge on any atom is 0.245 e. The van der Waals surface area contributed by atoms with Gasteiger partial charge in [-0.05, 0) is 66.8 Å². The van der Waals surface area contributed by atoms with Crippen LogP contribution in [0.5, 0.6) is 0 Å². The van der Waals surface area contributed by atoms with E-state index >= 15 is 0 Å². The van der Waals surface area contributed by atoms with Gasteiger partial charge in [-0.1, -0.05) is 44.2 Å². The third-order valence-electron chi connectivity index (χ3n) is 8.85. The van der Waals surface area contributed by atoms with E-state index in [1.807, 2.05) is 11.0 Å². The van der Waals surface area contributed by atoms with Gasteiger partial charge in [0, 0.05) is 39.1 Å². The molecule has 174 valence electrons. The van der Waals surface area contributed by atoms with Crippen molar-refractivity contribution in [2.75, 3.05) is 26.2 Å². The maximum absolute atomic E-state index is 13.4. The molecule has 2 amide bonds. The summed E-state index contributed by atoms with van der Waals surface area (Å²) in [5.41, 5.74) is 1.56. The highest BCUT2D eigenvalue weighted by molar-refractivity contribution is 5.88. The number of hydrogen-bond acceptors (Lipinski definition) is 3. The summed E-state index contributed by atoms with van der Waals surface area (Å²) in [5.74, 6) is 2.77. The minimum atomic E-state index is -0.407. The number of carbonyl (C=O) groups excluding carboxylic acids is 2. The van der Waals surface area contributed by atoms with E-state index < -0.39 is 6.04 Å². The summed E-state index contributed by atoms with van der Waals surface area (Å²) in [7, 11) is 0. The summed E-state index contributed by atoms with van der Waals surface area (Å²) in [4.78, 5) is 30.9. The van der Waals surface area contributed by atoms with Gasteiger partial charge in [0.25, 0.3) is 0 Å². The van der Waals surface area contributed by atoms with Crippen molar-refractivity contribution in [1.82, 2.24) is 15.1 Å². The van der Waals surface area contributed by atoms with Gasteiger partial charge in [-0.3, -0.25) is 14.5 Å². The van der Waals surface area contributed by atoms with Crippen LogP contribution >= 0.6 is 0 Å². The van der Waals surface area contributed by atoms with Crippen LogP contribution in [0.1, 0.15) is 57.9 Å². The van der Waals surface area contributed by atoms with Gasteiger partial charge in [0.15, 0.2) is 0 Å². The summed E-state index contributed by atoms with van der Waals surface area (Å²) in [6, 6.07) is 10.1. The lowest BCUT2D eigenvalue weighted by Gasteiger charge is -2.38. The Labute approximate surface area is 192 Å². The number of piperazine rings is 1. The Morgan fingerprint density at radius 3 is 2.28 bits per heavy atom. The molecular weight excluding hydrogens is 398 g/mol. The SMILES string of the molecule is CC(C)C(NC(=O)CC12CC3CC(CC1C3)C2)C(=O)N1CCN(Cc2ccccc2)CC1. The van der Waals surface area contributed by atoms with Gasteiger partial charge >= 0.3 is 0 Å². The van der Waals surface area contributed by atoms with Crippen molar-refractivity contribution >= 4 is 11.8 Å². The fraction of sp³-hybridized carbons (Fsp3) is 0.704. The predicted molar refractivity (Wildman–Crippen MR) is 126 cm³/mol. The molecule has 1 N–H and O–H groups in total. The molecule has 3 unspecified atom stereocenters. The van der Waals surface area contributed by atoms with Crippen molar-refractivity contribution in [1.29, 1.82) is 0 Å². The number of nitrogens with one attached hydrogen (secondary N) is 1. The van der Waals surface area contributed by atoms with Gasteiger partial charge < -0.3 is 10.2 Å². The van der Waals surface area contributed by atoms with E-state index in [9.17, 15) is 9.59 Å². The van der Waals surface area contributed by atoms with Gasteiger partial charge in [0.1, 0.15) is 6.04 Å². The normalized spacial score (nSPS) is 32.5. The summed E-state index contributed by atoms with van der Waals surface area (Å²) in [6.07, 6.45) is 7.18. The second-order valence-corrected chi connectivity index (χ2v) is 11.5. The molecule has 1 aromatic carbocycles. The van der Waals surface area contributed by atoms with Gasteiger partial charge in [0.2, 0.25) is 11.8 Å². The number of nitrogens with zero attached hydrogens (tertiary/aromatic N) is 2. The fourth-order valence-corrected chi connectivity index (χ4v) is 7.48. The first-order chi connectivity index (χ1) is 15.4. The molecule has 6 rings (SSSR count). The number of carbonyl (C=O) groups is 2. The molecule has 5 heteroatoms. The molecule has 5 aliphatic rings. The van der Waals surface area contributed by atoms with Gasteiger partial charge in [-0.15, -0.1) is 0 Å². The zero-order valence-corrected chi connectivity index (χ0v) is 19.8. The number of benzene rings is 1. The van der Waals surface area contributed by atoms with Crippen molar-refractivity contribution in [3.05, 3.63) is 35.9 Å². The number of rotatable bonds is 7. The molecule has 1 aromatic rings. The molecule has 3 atom stereocenters. The summed E-state index contributed by atoms with van der Waals surface area (Å²) < 4.78 is 0. The standard InChI is InChI=1S/C27H39N3O2/c1-19(2)25(28-24(31)17-27-15-21-12-22(16-27)14-23(27)13-21)26(32)30-10-8-29(9-11-30)18-20-6-4-3-5-7-20/h3-7,19,21-23,25H,8-18H2,1-2H3,(H,28,31). The van der Waals surface area contributed by atoms with Crippen molar-refractivity contribution in [3.8, 4) is 0 Å². The van der Waals surface area contributed by atoms with E-state index in [-0.39, 0.29) is 23.1 Å². The van der Waals surface area contributed by atoms with E-state index in [0.717, 1.165) is 50.5 Å². The molecule has 1 saturated heterocycles. The van der Waals surface area contributed by atoms with Crippen molar-refractivity contribution in [3.63, 3.8) is 0 Å². The third kappa shape index (κ3) is 4.33. The first-order valence-electron chi connectivity index (χ1n) is 12.8. The Morgan fingerprint density at radius 2 is 1.66 bits per heavy atom. The molecule has 4 saturated carbocycles. The zero-order valence-electron chi connectivity index (χ0n) is 19.8. The Bertz CT molecular complexity index is 817. The Balaban J connectivity index is 1.15. The smallest absolute Gasteiger partial charge is 0.245 e. The molecular formula is C27H39N3O2. The van der Waals surface area contributed by atoms with Crippen molar-refractivity contribution in [2.24, 2.45) is 29.1 Å². The van der Waals surface area contributed by atoms with E-state index in [2.05, 4.69) is 48.3 Å². The molecule has 5 nitrogen and oxygen atoms in total. The minimum Gasteiger partial charge on any atom is -0.344 e. The Kier molecular flexibility index (Phi) is 6.04. The first kappa shape index (κ1) is 21.9. The third-order valence-corrected chi connectivity index (χ3v) is 8.85. The summed E-state index contributed by atoms with van der Waals surface area (Å²) in [6.45, 7) is 8.27. The second kappa shape index (κ2) is 8.81. The van der Waals surface area contributed by atoms with Gasteiger partial charge in [0.05, 0.1) is 0 Å². The van der Waals surface area contributed by atoms with Crippen LogP contribution in [-0.4, -0.2) is 53.8 Å². The van der Waals surface area contributed by atoms with Crippen LogP contribution in [0.25, 0.3) is 0 Å². The van der Waals surface area contributed by atoms with Gasteiger partial charge in [-0.25, -0.2) is 0 Å². The van der Waals surface area contributed by atoms with Crippen LogP contribution < -0.4 is 5.32 Å². The maximum atomic E-state index is 13.4. The molecule has 4 bridgehead atoms. The Morgan fingerprint density at radius 1 is 1.00 bits per heavy atom. The monoisotopic (exact) mass is 437 g/mol. The van der Waals surface area contributed by atoms with E-state index in [0.29, 0.717) is 6.42 Å². The zero-order chi connectivity index (χ0) is 22.3. The highest BCUT2D eigenvalue weighted by atomic mass is 16.2. The average molecular weight is 438 g/mol. The lowest BCUT2D eigenvalue weighted by Crippen LogP contribution is -2.56. The molecule has 0 aromatic heterocycles. The van der Waals surface area contributed by atoms with Crippen LogP contribution in [0, 0.1) is 29.1 Å². The quantitative estimate of drug-likeness (QED) is 0.708. The lowest BCUT2D eigenvalue weighted by atomic mass is 9.73. The van der Waals surface area contributed by atoms with Crippen molar-refractivity contribution < 1.29 is 9.59 Å². The lowest BCUT2D eigenvalue weighted by molar-refractivity contribution is -0.139. The Hall–Kier alpha value is -1.88. The topological polar surface area (TPSA) is 52.7 Å². The molecule has 4 aliphatic carbocycles. The van der Waals surface area contributed by atoms with E-state index in [4.69, 9.17) is 0 Å². The van der Waals surface area contributed by atoms with Crippen LogP contribution in [0.3, 0.4) is 0 Å². The van der Waals surface area contributed by atoms with E-state index in [1.165, 1.54) is 37.7 Å². The number of hydrogen-bond donors (Lipinski definition) is 1.